The van der Waals surface area contributed by atoms with E-state index in [0.29, 0.717) is 6.42 Å². The summed E-state index contributed by atoms with van der Waals surface area (Å²) in [5.41, 5.74) is 2.99. The Hall–Kier alpha value is -1.71. The van der Waals surface area contributed by atoms with Crippen LogP contribution >= 0.6 is 0 Å². The van der Waals surface area contributed by atoms with Crippen molar-refractivity contribution < 1.29 is 14.6 Å². The summed E-state index contributed by atoms with van der Waals surface area (Å²) in [7, 11) is 0. The number of carboxylic acids is 1. The minimum Gasteiger partial charge on any atom is -0.487 e. The third-order valence-electron chi connectivity index (χ3n) is 4.28. The Labute approximate surface area is 132 Å². The normalized spacial score (nSPS) is 18.0. The molecule has 122 valence electrons. The van der Waals surface area contributed by atoms with Crippen LogP contribution in [-0.4, -0.2) is 23.7 Å². The van der Waals surface area contributed by atoms with E-state index in [1.165, 1.54) is 0 Å². The number of aliphatic carboxylic acids is 1. The van der Waals surface area contributed by atoms with Crippen molar-refractivity contribution in [1.82, 2.24) is 0 Å². The number of rotatable bonds is 7. The molecular formula is C18H27NO3. The van der Waals surface area contributed by atoms with Crippen molar-refractivity contribution in [2.24, 2.45) is 0 Å². The maximum absolute atomic E-state index is 11.6. The van der Waals surface area contributed by atoms with E-state index in [0.717, 1.165) is 54.8 Å². The van der Waals surface area contributed by atoms with E-state index in [9.17, 15) is 9.90 Å². The molecule has 0 saturated carbocycles. The van der Waals surface area contributed by atoms with Crippen LogP contribution in [0.1, 0.15) is 63.5 Å². The molecule has 4 heteroatoms. The first-order chi connectivity index (χ1) is 10.6. The summed E-state index contributed by atoms with van der Waals surface area (Å²) in [5, 5.41) is 12.9. The van der Waals surface area contributed by atoms with Gasteiger partial charge in [0.05, 0.1) is 18.2 Å². The van der Waals surface area contributed by atoms with Gasteiger partial charge in [-0.1, -0.05) is 26.7 Å². The number of ether oxygens (including phenoxy) is 1. The fourth-order valence-electron chi connectivity index (χ4n) is 3.02. The highest BCUT2D eigenvalue weighted by atomic mass is 16.5. The molecular weight excluding hydrogens is 278 g/mol. The zero-order valence-electron chi connectivity index (χ0n) is 13.8. The number of unbranched alkanes of at least 4 members (excludes halogenated alkanes) is 2. The second-order valence-corrected chi connectivity index (χ2v) is 6.11. The molecule has 22 heavy (non-hydrogen) atoms. The van der Waals surface area contributed by atoms with Gasteiger partial charge in [0, 0.05) is 0 Å². The largest absolute Gasteiger partial charge is 0.487 e. The van der Waals surface area contributed by atoms with Crippen molar-refractivity contribution in [3.63, 3.8) is 0 Å². The summed E-state index contributed by atoms with van der Waals surface area (Å²) in [5.74, 6) is -0.332. The summed E-state index contributed by atoms with van der Waals surface area (Å²) in [6, 6.07) is 4.04. The molecule has 0 fully saturated rings. The van der Waals surface area contributed by atoms with Crippen LogP contribution in [-0.2, 0) is 11.2 Å². The van der Waals surface area contributed by atoms with Crippen LogP contribution in [0.2, 0.25) is 0 Å². The van der Waals surface area contributed by atoms with Crippen LogP contribution in [0.3, 0.4) is 0 Å². The Kier molecular flexibility index (Phi) is 5.69. The Morgan fingerprint density at radius 3 is 2.82 bits per heavy atom. The minimum atomic E-state index is -0.746. The molecule has 1 aromatic rings. The van der Waals surface area contributed by atoms with Crippen LogP contribution < -0.4 is 10.1 Å². The average Bonchev–Trinajstić information content (AvgIpc) is 2.48. The maximum atomic E-state index is 11.6. The standard InChI is InChI=1S/C18H27NO3/c1-4-6-7-8-13-9-17-16(19-11-12(3)22-17)10-15(13)14(5-2)18(20)21/h9-10,12,14,19H,4-8,11H2,1-3H3,(H,20,21). The summed E-state index contributed by atoms with van der Waals surface area (Å²) in [6.07, 6.45) is 5.07. The Morgan fingerprint density at radius 1 is 1.41 bits per heavy atom. The lowest BCUT2D eigenvalue weighted by Gasteiger charge is -2.27. The Morgan fingerprint density at radius 2 is 2.18 bits per heavy atom. The molecule has 1 aliphatic heterocycles. The highest BCUT2D eigenvalue weighted by molar-refractivity contribution is 5.78. The fourth-order valence-corrected chi connectivity index (χ4v) is 3.02. The van der Waals surface area contributed by atoms with Crippen molar-refractivity contribution in [2.75, 3.05) is 11.9 Å². The van der Waals surface area contributed by atoms with Gasteiger partial charge >= 0.3 is 5.97 Å². The van der Waals surface area contributed by atoms with Gasteiger partial charge in [-0.25, -0.2) is 0 Å². The molecule has 1 heterocycles. The molecule has 0 saturated heterocycles. The van der Waals surface area contributed by atoms with E-state index in [4.69, 9.17) is 4.74 Å². The smallest absolute Gasteiger partial charge is 0.310 e. The van der Waals surface area contributed by atoms with Gasteiger partial charge in [0.2, 0.25) is 0 Å². The van der Waals surface area contributed by atoms with Crippen molar-refractivity contribution in [2.45, 2.75) is 64.9 Å². The molecule has 2 rings (SSSR count). The monoisotopic (exact) mass is 305 g/mol. The molecule has 1 aliphatic rings. The molecule has 0 amide bonds. The molecule has 4 nitrogen and oxygen atoms in total. The number of carbonyl (C=O) groups is 1. The number of hydrogen-bond donors (Lipinski definition) is 2. The van der Waals surface area contributed by atoms with Gasteiger partial charge in [0.15, 0.2) is 0 Å². The zero-order valence-corrected chi connectivity index (χ0v) is 13.8. The van der Waals surface area contributed by atoms with Gasteiger partial charge < -0.3 is 15.2 Å². The molecule has 2 N–H and O–H groups in total. The first kappa shape index (κ1) is 16.7. The van der Waals surface area contributed by atoms with Crippen LogP contribution in [0, 0.1) is 0 Å². The van der Waals surface area contributed by atoms with Crippen molar-refractivity contribution in [3.8, 4) is 5.75 Å². The third-order valence-corrected chi connectivity index (χ3v) is 4.28. The van der Waals surface area contributed by atoms with Gasteiger partial charge in [0.1, 0.15) is 11.9 Å². The van der Waals surface area contributed by atoms with Gasteiger partial charge in [-0.05, 0) is 49.4 Å². The van der Waals surface area contributed by atoms with Crippen LogP contribution in [0.15, 0.2) is 12.1 Å². The van der Waals surface area contributed by atoms with E-state index in [2.05, 4.69) is 18.3 Å². The van der Waals surface area contributed by atoms with E-state index >= 15 is 0 Å². The van der Waals surface area contributed by atoms with Crippen LogP contribution in [0.25, 0.3) is 0 Å². The van der Waals surface area contributed by atoms with Gasteiger partial charge in [-0.15, -0.1) is 0 Å². The van der Waals surface area contributed by atoms with E-state index in [-0.39, 0.29) is 6.10 Å². The molecule has 2 unspecified atom stereocenters. The second kappa shape index (κ2) is 7.52. The fraction of sp³-hybridized carbons (Fsp3) is 0.611. The van der Waals surface area contributed by atoms with E-state index in [1.54, 1.807) is 0 Å². The molecule has 0 aliphatic carbocycles. The van der Waals surface area contributed by atoms with E-state index in [1.807, 2.05) is 19.9 Å². The van der Waals surface area contributed by atoms with Gasteiger partial charge in [-0.2, -0.15) is 0 Å². The van der Waals surface area contributed by atoms with Gasteiger partial charge in [0.25, 0.3) is 0 Å². The quantitative estimate of drug-likeness (QED) is 0.742. The second-order valence-electron chi connectivity index (χ2n) is 6.11. The zero-order chi connectivity index (χ0) is 16.1. The highest BCUT2D eigenvalue weighted by Crippen LogP contribution is 2.36. The summed E-state index contributed by atoms with van der Waals surface area (Å²) in [6.45, 7) is 6.90. The highest BCUT2D eigenvalue weighted by Gasteiger charge is 2.25. The molecule has 0 aromatic heterocycles. The lowest BCUT2D eigenvalue weighted by Crippen LogP contribution is -2.28. The third kappa shape index (κ3) is 3.73. The van der Waals surface area contributed by atoms with Gasteiger partial charge in [-0.3, -0.25) is 4.79 Å². The number of carboxylic acid groups (broad SMARTS) is 1. The molecule has 0 bridgehead atoms. The van der Waals surface area contributed by atoms with Crippen LogP contribution in [0.5, 0.6) is 5.75 Å². The van der Waals surface area contributed by atoms with Crippen molar-refractivity contribution >= 4 is 11.7 Å². The number of hydrogen-bond acceptors (Lipinski definition) is 3. The SMILES string of the molecule is CCCCCc1cc2c(cc1C(CC)C(=O)O)NCC(C)O2. The predicted molar refractivity (Wildman–Crippen MR) is 88.9 cm³/mol. The van der Waals surface area contributed by atoms with Crippen molar-refractivity contribution in [1.29, 1.82) is 0 Å². The van der Waals surface area contributed by atoms with Crippen molar-refractivity contribution in [3.05, 3.63) is 23.3 Å². The number of aryl methyl sites for hydroxylation is 1. The molecule has 1 aromatic carbocycles. The molecule has 0 spiro atoms. The minimum absolute atomic E-state index is 0.142. The summed E-state index contributed by atoms with van der Waals surface area (Å²) >= 11 is 0. The van der Waals surface area contributed by atoms with E-state index < -0.39 is 11.9 Å². The average molecular weight is 305 g/mol. The summed E-state index contributed by atoms with van der Waals surface area (Å²) in [4.78, 5) is 11.6. The lowest BCUT2D eigenvalue weighted by atomic mass is 9.88. The maximum Gasteiger partial charge on any atom is 0.310 e. The number of anilines is 1. The first-order valence-corrected chi connectivity index (χ1v) is 8.36. The topological polar surface area (TPSA) is 58.6 Å². The summed E-state index contributed by atoms with van der Waals surface area (Å²) < 4.78 is 5.90. The number of nitrogens with one attached hydrogen (secondary N) is 1. The molecule has 0 radical (unpaired) electrons. The first-order valence-electron chi connectivity index (χ1n) is 8.36. The predicted octanol–water partition coefficient (Wildman–Crippen LogP) is 4.19. The molecule has 2 atom stereocenters. The lowest BCUT2D eigenvalue weighted by molar-refractivity contribution is -0.138. The van der Waals surface area contributed by atoms with Crippen LogP contribution in [0.4, 0.5) is 5.69 Å². The number of fused-ring (bicyclic) bond motifs is 1. The Bertz CT molecular complexity index is 527. The Balaban J connectivity index is 2.37. The number of benzene rings is 1.